The molecule has 0 N–H and O–H groups in total. The lowest BCUT2D eigenvalue weighted by atomic mass is 10.1. The number of aliphatic imine (C=N–C) groups is 1. The van der Waals surface area contributed by atoms with Crippen LogP contribution in [-0.4, -0.2) is 16.0 Å². The highest BCUT2D eigenvalue weighted by atomic mass is 19.1. The maximum absolute atomic E-state index is 13.1. The lowest BCUT2D eigenvalue weighted by Crippen LogP contribution is -1.99. The van der Waals surface area contributed by atoms with Crippen molar-refractivity contribution in [3.63, 3.8) is 0 Å². The van der Waals surface area contributed by atoms with Crippen LogP contribution in [0.1, 0.15) is 5.56 Å². The molecule has 0 saturated heterocycles. The van der Waals surface area contributed by atoms with Gasteiger partial charge in [-0.3, -0.25) is 4.99 Å². The largest absolute Gasteiger partial charge is 0.256 e. The van der Waals surface area contributed by atoms with Gasteiger partial charge in [0.15, 0.2) is 0 Å². The van der Waals surface area contributed by atoms with Gasteiger partial charge in [-0.15, -0.1) is 0 Å². The SMILES string of the molecule is Fc1ccc(N=Cc2cnn(-c3ccccc3)c2-c2ccccc2)cc1. The fourth-order valence-corrected chi connectivity index (χ4v) is 2.78. The summed E-state index contributed by atoms with van der Waals surface area (Å²) in [5.41, 5.74) is 4.58. The highest BCUT2D eigenvalue weighted by Gasteiger charge is 2.13. The van der Waals surface area contributed by atoms with Crippen molar-refractivity contribution in [2.45, 2.75) is 0 Å². The highest BCUT2D eigenvalue weighted by molar-refractivity contribution is 5.90. The first-order valence-corrected chi connectivity index (χ1v) is 8.30. The van der Waals surface area contributed by atoms with Crippen molar-refractivity contribution < 1.29 is 4.39 Å². The van der Waals surface area contributed by atoms with E-state index in [0.29, 0.717) is 5.69 Å². The first-order valence-electron chi connectivity index (χ1n) is 8.30. The lowest BCUT2D eigenvalue weighted by Gasteiger charge is -2.08. The summed E-state index contributed by atoms with van der Waals surface area (Å²) in [4.78, 5) is 4.47. The molecule has 0 spiro atoms. The van der Waals surface area contributed by atoms with Crippen LogP contribution in [0.2, 0.25) is 0 Å². The first kappa shape index (κ1) is 16.0. The molecule has 0 aliphatic carbocycles. The van der Waals surface area contributed by atoms with Gasteiger partial charge in [0, 0.05) is 17.3 Å². The molecule has 0 atom stereocenters. The van der Waals surface area contributed by atoms with Gasteiger partial charge in [-0.1, -0.05) is 48.5 Å². The van der Waals surface area contributed by atoms with Crippen molar-refractivity contribution in [2.75, 3.05) is 0 Å². The Labute approximate surface area is 151 Å². The van der Waals surface area contributed by atoms with Crippen molar-refractivity contribution >= 4 is 11.9 Å². The van der Waals surface area contributed by atoms with Crippen molar-refractivity contribution in [1.82, 2.24) is 9.78 Å². The number of benzene rings is 3. The molecule has 4 heteroatoms. The molecule has 1 heterocycles. The van der Waals surface area contributed by atoms with E-state index in [1.807, 2.05) is 65.3 Å². The third kappa shape index (κ3) is 3.30. The van der Waals surface area contributed by atoms with Crippen LogP contribution in [0, 0.1) is 5.82 Å². The summed E-state index contributed by atoms with van der Waals surface area (Å²) in [6.07, 6.45) is 3.56. The molecule has 1 aromatic heterocycles. The minimum atomic E-state index is -0.272. The van der Waals surface area contributed by atoms with Gasteiger partial charge in [0.1, 0.15) is 5.82 Å². The summed E-state index contributed by atoms with van der Waals surface area (Å²) < 4.78 is 15.0. The molecule has 126 valence electrons. The van der Waals surface area contributed by atoms with E-state index < -0.39 is 0 Å². The fourth-order valence-electron chi connectivity index (χ4n) is 2.78. The average molecular weight is 341 g/mol. The Bertz CT molecular complexity index is 1020. The van der Waals surface area contributed by atoms with Crippen molar-refractivity contribution in [1.29, 1.82) is 0 Å². The van der Waals surface area contributed by atoms with Crippen LogP contribution in [0.25, 0.3) is 16.9 Å². The van der Waals surface area contributed by atoms with Crippen LogP contribution in [-0.2, 0) is 0 Å². The summed E-state index contributed by atoms with van der Waals surface area (Å²) in [6, 6.07) is 26.2. The molecular weight excluding hydrogens is 325 g/mol. The number of para-hydroxylation sites is 1. The van der Waals surface area contributed by atoms with Crippen LogP contribution >= 0.6 is 0 Å². The molecule has 0 aliphatic rings. The highest BCUT2D eigenvalue weighted by Crippen LogP contribution is 2.26. The lowest BCUT2D eigenvalue weighted by molar-refractivity contribution is 0.628. The maximum atomic E-state index is 13.1. The summed E-state index contributed by atoms with van der Waals surface area (Å²) in [5, 5.41) is 4.55. The molecule has 3 nitrogen and oxygen atoms in total. The zero-order valence-electron chi connectivity index (χ0n) is 14.0. The molecule has 0 aliphatic heterocycles. The number of hydrogen-bond acceptors (Lipinski definition) is 2. The van der Waals surface area contributed by atoms with Gasteiger partial charge >= 0.3 is 0 Å². The number of aromatic nitrogens is 2. The molecule has 0 bridgehead atoms. The molecule has 4 rings (SSSR count). The monoisotopic (exact) mass is 341 g/mol. The van der Waals surface area contributed by atoms with Gasteiger partial charge < -0.3 is 0 Å². The second-order valence-electron chi connectivity index (χ2n) is 5.80. The van der Waals surface area contributed by atoms with Gasteiger partial charge in [-0.25, -0.2) is 9.07 Å². The quantitative estimate of drug-likeness (QED) is 0.455. The molecule has 26 heavy (non-hydrogen) atoms. The Hall–Kier alpha value is -3.53. The van der Waals surface area contributed by atoms with Gasteiger partial charge in [0.2, 0.25) is 0 Å². The van der Waals surface area contributed by atoms with Crippen LogP contribution < -0.4 is 0 Å². The predicted molar refractivity (Wildman–Crippen MR) is 103 cm³/mol. The third-order valence-electron chi connectivity index (χ3n) is 4.02. The van der Waals surface area contributed by atoms with E-state index in [2.05, 4.69) is 10.1 Å². The predicted octanol–water partition coefficient (Wildman–Crippen LogP) is 5.43. The molecule has 0 radical (unpaired) electrons. The van der Waals surface area contributed by atoms with Crippen molar-refractivity contribution in [2.24, 2.45) is 4.99 Å². The zero-order valence-corrected chi connectivity index (χ0v) is 14.0. The van der Waals surface area contributed by atoms with E-state index in [-0.39, 0.29) is 5.82 Å². The van der Waals surface area contributed by atoms with Gasteiger partial charge in [-0.05, 0) is 36.4 Å². The molecule has 0 amide bonds. The van der Waals surface area contributed by atoms with Gasteiger partial charge in [0.05, 0.1) is 23.3 Å². The second-order valence-corrected chi connectivity index (χ2v) is 5.80. The van der Waals surface area contributed by atoms with E-state index >= 15 is 0 Å². The molecule has 0 fully saturated rings. The number of halogens is 1. The topological polar surface area (TPSA) is 30.2 Å². The normalized spacial score (nSPS) is 11.1. The van der Waals surface area contributed by atoms with E-state index in [1.165, 1.54) is 12.1 Å². The van der Waals surface area contributed by atoms with E-state index in [1.54, 1.807) is 24.5 Å². The molecule has 0 unspecified atom stereocenters. The van der Waals surface area contributed by atoms with E-state index in [9.17, 15) is 4.39 Å². The first-order chi connectivity index (χ1) is 12.8. The molecule has 4 aromatic rings. The van der Waals surface area contributed by atoms with Gasteiger partial charge in [-0.2, -0.15) is 5.10 Å². The van der Waals surface area contributed by atoms with Crippen LogP contribution in [0.4, 0.5) is 10.1 Å². The second kappa shape index (κ2) is 7.15. The number of hydrogen-bond donors (Lipinski definition) is 0. The fraction of sp³-hybridized carbons (Fsp3) is 0. The van der Waals surface area contributed by atoms with Crippen molar-refractivity contribution in [3.05, 3.63) is 103 Å². The number of nitrogens with zero attached hydrogens (tertiary/aromatic N) is 3. The summed E-state index contributed by atoms with van der Waals surface area (Å²) in [5.74, 6) is -0.272. The van der Waals surface area contributed by atoms with Crippen LogP contribution in [0.5, 0.6) is 0 Å². The molecule has 3 aromatic carbocycles. The summed E-state index contributed by atoms with van der Waals surface area (Å²) in [7, 11) is 0. The van der Waals surface area contributed by atoms with Gasteiger partial charge in [0.25, 0.3) is 0 Å². The van der Waals surface area contributed by atoms with E-state index in [0.717, 1.165) is 22.5 Å². The van der Waals surface area contributed by atoms with E-state index in [4.69, 9.17) is 0 Å². The minimum Gasteiger partial charge on any atom is -0.256 e. The van der Waals surface area contributed by atoms with Crippen LogP contribution in [0.3, 0.4) is 0 Å². The molecule has 0 saturated carbocycles. The minimum absolute atomic E-state index is 0.272. The summed E-state index contributed by atoms with van der Waals surface area (Å²) in [6.45, 7) is 0. The van der Waals surface area contributed by atoms with Crippen molar-refractivity contribution in [3.8, 4) is 16.9 Å². The smallest absolute Gasteiger partial charge is 0.123 e. The number of rotatable bonds is 4. The Morgan fingerprint density at radius 3 is 2.15 bits per heavy atom. The maximum Gasteiger partial charge on any atom is 0.123 e. The third-order valence-corrected chi connectivity index (χ3v) is 4.02. The Kier molecular flexibility index (Phi) is 4.39. The van der Waals surface area contributed by atoms with Crippen LogP contribution in [0.15, 0.2) is 96.1 Å². The Morgan fingerprint density at radius 1 is 0.808 bits per heavy atom. The zero-order chi connectivity index (χ0) is 17.8. The average Bonchev–Trinajstić information content (AvgIpc) is 3.13. The standard InChI is InChI=1S/C22H16FN3/c23-19-11-13-20(14-12-19)24-15-18-16-25-26(21-9-5-2-6-10-21)22(18)17-7-3-1-4-8-17/h1-16H. The summed E-state index contributed by atoms with van der Waals surface area (Å²) >= 11 is 0. The Morgan fingerprint density at radius 2 is 1.46 bits per heavy atom. The molecular formula is C22H16FN3. The Balaban J connectivity index is 1.80.